The molecule has 0 spiro atoms. The molecule has 0 aliphatic carbocycles. The van der Waals surface area contributed by atoms with E-state index in [2.05, 4.69) is 0 Å². The maximum absolute atomic E-state index is 11.9. The van der Waals surface area contributed by atoms with Gasteiger partial charge in [0.1, 0.15) is 5.75 Å². The summed E-state index contributed by atoms with van der Waals surface area (Å²) in [4.78, 5) is 13.6. The fourth-order valence-electron chi connectivity index (χ4n) is 2.54. The molecule has 1 aromatic carbocycles. The maximum atomic E-state index is 11.9. The first kappa shape index (κ1) is 14.2. The summed E-state index contributed by atoms with van der Waals surface area (Å²) < 4.78 is 5.62. The molecule has 0 radical (unpaired) electrons. The Morgan fingerprint density at radius 1 is 1.53 bits per heavy atom. The zero-order valence-electron chi connectivity index (χ0n) is 11.2. The minimum Gasteiger partial charge on any atom is -0.494 e. The smallest absolute Gasteiger partial charge is 0.222 e. The van der Waals surface area contributed by atoms with Crippen molar-refractivity contribution in [3.63, 3.8) is 0 Å². The van der Waals surface area contributed by atoms with E-state index >= 15 is 0 Å². The summed E-state index contributed by atoms with van der Waals surface area (Å²) in [6.07, 6.45) is 1.19. The van der Waals surface area contributed by atoms with Gasteiger partial charge in [0, 0.05) is 30.1 Å². The number of nitrogens with two attached hydrogens (primary N) is 1. The van der Waals surface area contributed by atoms with Gasteiger partial charge in [0.2, 0.25) is 5.91 Å². The lowest BCUT2D eigenvalue weighted by atomic mass is 9.90. The number of halogens is 1. The SMILES string of the molecule is CCOc1ccc(Cl)cc1C1C(N)CCC(=O)N1C. The normalized spacial score (nSPS) is 23.6. The number of benzene rings is 1. The van der Waals surface area contributed by atoms with Crippen molar-refractivity contribution < 1.29 is 9.53 Å². The van der Waals surface area contributed by atoms with Gasteiger partial charge in [-0.1, -0.05) is 11.6 Å². The molecule has 5 heteroatoms. The van der Waals surface area contributed by atoms with Crippen molar-refractivity contribution in [1.29, 1.82) is 0 Å². The first-order valence-corrected chi connectivity index (χ1v) is 6.86. The van der Waals surface area contributed by atoms with Crippen LogP contribution in [0.4, 0.5) is 0 Å². The first-order valence-electron chi connectivity index (χ1n) is 6.48. The van der Waals surface area contributed by atoms with E-state index < -0.39 is 0 Å². The molecule has 2 N–H and O–H groups in total. The van der Waals surface area contributed by atoms with E-state index in [1.807, 2.05) is 19.1 Å². The highest BCUT2D eigenvalue weighted by Gasteiger charge is 2.34. The lowest BCUT2D eigenvalue weighted by Crippen LogP contribution is -2.46. The van der Waals surface area contributed by atoms with Crippen molar-refractivity contribution in [3.8, 4) is 5.75 Å². The second-order valence-electron chi connectivity index (χ2n) is 4.77. The van der Waals surface area contributed by atoms with Crippen molar-refractivity contribution >= 4 is 17.5 Å². The number of hydrogen-bond donors (Lipinski definition) is 1. The van der Waals surface area contributed by atoms with E-state index in [0.717, 1.165) is 11.3 Å². The van der Waals surface area contributed by atoms with Crippen LogP contribution >= 0.6 is 11.6 Å². The van der Waals surface area contributed by atoms with Gasteiger partial charge in [0.25, 0.3) is 0 Å². The van der Waals surface area contributed by atoms with Crippen molar-refractivity contribution in [3.05, 3.63) is 28.8 Å². The van der Waals surface area contributed by atoms with Crippen molar-refractivity contribution in [2.45, 2.75) is 31.8 Å². The predicted molar refractivity (Wildman–Crippen MR) is 75.3 cm³/mol. The van der Waals surface area contributed by atoms with Crippen LogP contribution in [0.1, 0.15) is 31.4 Å². The molecule has 2 rings (SSSR count). The maximum Gasteiger partial charge on any atom is 0.222 e. The number of likely N-dealkylation sites (N-methyl/N-ethyl adjacent to an activating group) is 1. The van der Waals surface area contributed by atoms with Gasteiger partial charge in [-0.05, 0) is 31.5 Å². The van der Waals surface area contributed by atoms with Crippen LogP contribution < -0.4 is 10.5 Å². The van der Waals surface area contributed by atoms with Crippen LogP contribution in [-0.2, 0) is 4.79 Å². The Kier molecular flexibility index (Phi) is 4.32. The fourth-order valence-corrected chi connectivity index (χ4v) is 2.72. The van der Waals surface area contributed by atoms with Gasteiger partial charge in [0.05, 0.1) is 12.6 Å². The van der Waals surface area contributed by atoms with Crippen molar-refractivity contribution in [2.75, 3.05) is 13.7 Å². The minimum atomic E-state index is -0.179. The molecule has 2 atom stereocenters. The lowest BCUT2D eigenvalue weighted by molar-refractivity contribution is -0.135. The van der Waals surface area contributed by atoms with Crippen LogP contribution in [0.25, 0.3) is 0 Å². The zero-order valence-corrected chi connectivity index (χ0v) is 12.0. The molecule has 1 aliphatic rings. The third-order valence-electron chi connectivity index (χ3n) is 3.50. The molecule has 0 bridgehead atoms. The number of nitrogens with zero attached hydrogens (tertiary/aromatic N) is 1. The molecule has 1 saturated heterocycles. The highest BCUT2D eigenvalue weighted by molar-refractivity contribution is 6.30. The number of piperidine rings is 1. The molecule has 1 amide bonds. The summed E-state index contributed by atoms with van der Waals surface area (Å²) in [5.74, 6) is 0.850. The predicted octanol–water partition coefficient (Wildman–Crippen LogP) is 2.36. The van der Waals surface area contributed by atoms with Gasteiger partial charge in [-0.3, -0.25) is 4.79 Å². The summed E-state index contributed by atoms with van der Waals surface area (Å²) in [6, 6.07) is 5.18. The minimum absolute atomic E-state index is 0.0969. The Labute approximate surface area is 118 Å². The molecule has 104 valence electrons. The molecule has 19 heavy (non-hydrogen) atoms. The zero-order chi connectivity index (χ0) is 14.0. The molecule has 0 saturated carbocycles. The Hall–Kier alpha value is -1.26. The van der Waals surface area contributed by atoms with Crippen LogP contribution in [-0.4, -0.2) is 30.5 Å². The number of likely N-dealkylation sites (tertiary alicyclic amines) is 1. The average Bonchev–Trinajstić information content (AvgIpc) is 2.38. The van der Waals surface area contributed by atoms with Crippen LogP contribution in [0.5, 0.6) is 5.75 Å². The van der Waals surface area contributed by atoms with Crippen LogP contribution in [0.3, 0.4) is 0 Å². The Balaban J connectivity index is 2.42. The Morgan fingerprint density at radius 3 is 2.95 bits per heavy atom. The largest absolute Gasteiger partial charge is 0.494 e. The third kappa shape index (κ3) is 2.85. The number of amides is 1. The molecule has 1 aliphatic heterocycles. The lowest BCUT2D eigenvalue weighted by Gasteiger charge is -2.38. The van der Waals surface area contributed by atoms with Gasteiger partial charge in [0.15, 0.2) is 0 Å². The van der Waals surface area contributed by atoms with Gasteiger partial charge in [-0.2, -0.15) is 0 Å². The third-order valence-corrected chi connectivity index (χ3v) is 3.73. The number of rotatable bonds is 3. The van der Waals surface area contributed by atoms with Crippen LogP contribution in [0, 0.1) is 0 Å². The van der Waals surface area contributed by atoms with E-state index in [4.69, 9.17) is 22.1 Å². The van der Waals surface area contributed by atoms with Gasteiger partial charge in [-0.25, -0.2) is 0 Å². The summed E-state index contributed by atoms with van der Waals surface area (Å²) >= 11 is 6.07. The Morgan fingerprint density at radius 2 is 2.26 bits per heavy atom. The molecule has 1 fully saturated rings. The van der Waals surface area contributed by atoms with E-state index in [-0.39, 0.29) is 18.0 Å². The van der Waals surface area contributed by atoms with Crippen molar-refractivity contribution in [2.24, 2.45) is 5.73 Å². The molecule has 2 unspecified atom stereocenters. The second kappa shape index (κ2) is 5.80. The van der Waals surface area contributed by atoms with Gasteiger partial charge < -0.3 is 15.4 Å². The van der Waals surface area contributed by atoms with Gasteiger partial charge >= 0.3 is 0 Å². The second-order valence-corrected chi connectivity index (χ2v) is 5.20. The van der Waals surface area contributed by atoms with Crippen LogP contribution in [0.15, 0.2) is 18.2 Å². The summed E-state index contributed by atoms with van der Waals surface area (Å²) in [6.45, 7) is 2.49. The number of ether oxygens (including phenoxy) is 1. The molecule has 0 aromatic heterocycles. The molecular formula is C14H19ClN2O2. The highest BCUT2D eigenvalue weighted by Crippen LogP contribution is 2.36. The number of hydrogen-bond acceptors (Lipinski definition) is 3. The summed E-state index contributed by atoms with van der Waals surface area (Å²) in [7, 11) is 1.78. The number of carbonyl (C=O) groups is 1. The fraction of sp³-hybridized carbons (Fsp3) is 0.500. The molecular weight excluding hydrogens is 264 g/mol. The Bertz CT molecular complexity index is 479. The molecule has 1 heterocycles. The topological polar surface area (TPSA) is 55.6 Å². The average molecular weight is 283 g/mol. The van der Waals surface area contributed by atoms with Crippen LogP contribution in [0.2, 0.25) is 5.02 Å². The first-order chi connectivity index (χ1) is 9.04. The molecule has 1 aromatic rings. The summed E-state index contributed by atoms with van der Waals surface area (Å²) in [5.41, 5.74) is 7.07. The van der Waals surface area contributed by atoms with E-state index in [1.165, 1.54) is 0 Å². The van der Waals surface area contributed by atoms with Gasteiger partial charge in [-0.15, -0.1) is 0 Å². The highest BCUT2D eigenvalue weighted by atomic mass is 35.5. The number of carbonyl (C=O) groups excluding carboxylic acids is 1. The van der Waals surface area contributed by atoms with E-state index in [1.54, 1.807) is 18.0 Å². The quantitative estimate of drug-likeness (QED) is 0.926. The summed E-state index contributed by atoms with van der Waals surface area (Å²) in [5, 5.41) is 0.622. The van der Waals surface area contributed by atoms with E-state index in [9.17, 15) is 4.79 Å². The van der Waals surface area contributed by atoms with Crippen molar-refractivity contribution in [1.82, 2.24) is 4.90 Å². The monoisotopic (exact) mass is 282 g/mol. The molecule has 4 nitrogen and oxygen atoms in total. The van der Waals surface area contributed by atoms with E-state index in [0.29, 0.717) is 24.5 Å². The standard InChI is InChI=1S/C14H19ClN2O2/c1-3-19-12-6-4-9(15)8-10(12)14-11(16)5-7-13(18)17(14)2/h4,6,8,11,14H,3,5,7,16H2,1-2H3.